The molecule has 1 rings (SSSR count). The average molecular weight is 227 g/mol. The summed E-state index contributed by atoms with van der Waals surface area (Å²) in [6, 6.07) is 2.71. The first-order chi connectivity index (χ1) is 7.47. The minimum Gasteiger partial charge on any atom is -0.494 e. The Kier molecular flexibility index (Phi) is 3.71. The van der Waals surface area contributed by atoms with Crippen LogP contribution >= 0.6 is 0 Å². The Morgan fingerprint density at radius 3 is 2.56 bits per heavy atom. The zero-order valence-electron chi connectivity index (χ0n) is 9.41. The van der Waals surface area contributed by atoms with Gasteiger partial charge in [0.2, 0.25) is 0 Å². The number of benzene rings is 1. The van der Waals surface area contributed by atoms with Gasteiger partial charge in [0, 0.05) is 0 Å². The lowest BCUT2D eigenvalue weighted by atomic mass is 10.1. The van der Waals surface area contributed by atoms with E-state index in [4.69, 9.17) is 15.2 Å². The molecule has 0 saturated heterocycles. The fraction of sp³-hybridized carbons (Fsp3) is 0.364. The van der Waals surface area contributed by atoms with E-state index in [9.17, 15) is 9.18 Å². The SMILES string of the molecule is COc1ccc(C(=O)OC(C)C)c(N)c1F. The van der Waals surface area contributed by atoms with E-state index in [0.29, 0.717) is 0 Å². The van der Waals surface area contributed by atoms with Crippen LogP contribution in [0.3, 0.4) is 0 Å². The number of rotatable bonds is 3. The standard InChI is InChI=1S/C11H14FNO3/c1-6(2)16-11(14)7-4-5-8(15-3)9(12)10(7)13/h4-6H,13H2,1-3H3. The number of methoxy groups -OCH3 is 1. The highest BCUT2D eigenvalue weighted by Gasteiger charge is 2.18. The number of hydrogen-bond acceptors (Lipinski definition) is 4. The van der Waals surface area contributed by atoms with Crippen molar-refractivity contribution in [1.29, 1.82) is 0 Å². The third-order valence-corrected chi connectivity index (χ3v) is 1.93. The summed E-state index contributed by atoms with van der Waals surface area (Å²) in [5.41, 5.74) is 5.23. The predicted molar refractivity (Wildman–Crippen MR) is 57.9 cm³/mol. The van der Waals surface area contributed by atoms with Gasteiger partial charge < -0.3 is 15.2 Å². The number of halogens is 1. The minimum atomic E-state index is -0.749. The molecule has 0 fully saturated rings. The third-order valence-electron chi connectivity index (χ3n) is 1.93. The van der Waals surface area contributed by atoms with Crippen LogP contribution in [-0.2, 0) is 4.74 Å². The van der Waals surface area contributed by atoms with Crippen molar-refractivity contribution < 1.29 is 18.7 Å². The summed E-state index contributed by atoms with van der Waals surface area (Å²) in [4.78, 5) is 11.5. The van der Waals surface area contributed by atoms with E-state index in [2.05, 4.69) is 0 Å². The normalized spacial score (nSPS) is 10.3. The van der Waals surface area contributed by atoms with E-state index in [1.54, 1.807) is 13.8 Å². The zero-order chi connectivity index (χ0) is 12.3. The van der Waals surface area contributed by atoms with Gasteiger partial charge in [0.1, 0.15) is 0 Å². The third kappa shape index (κ3) is 2.42. The Labute approximate surface area is 93.2 Å². The molecule has 88 valence electrons. The van der Waals surface area contributed by atoms with Crippen molar-refractivity contribution in [3.05, 3.63) is 23.5 Å². The first-order valence-corrected chi connectivity index (χ1v) is 4.80. The molecule has 0 radical (unpaired) electrons. The highest BCUT2D eigenvalue weighted by Crippen LogP contribution is 2.26. The van der Waals surface area contributed by atoms with Crippen LogP contribution in [0.1, 0.15) is 24.2 Å². The van der Waals surface area contributed by atoms with E-state index in [-0.39, 0.29) is 23.1 Å². The van der Waals surface area contributed by atoms with Gasteiger partial charge in [0.25, 0.3) is 0 Å². The van der Waals surface area contributed by atoms with Crippen LogP contribution in [0.15, 0.2) is 12.1 Å². The lowest BCUT2D eigenvalue weighted by Crippen LogP contribution is -2.14. The summed E-state index contributed by atoms with van der Waals surface area (Å²) >= 11 is 0. The van der Waals surface area contributed by atoms with Crippen LogP contribution < -0.4 is 10.5 Å². The molecule has 2 N–H and O–H groups in total. The molecule has 0 aliphatic carbocycles. The Hall–Kier alpha value is -1.78. The van der Waals surface area contributed by atoms with Gasteiger partial charge in [-0.1, -0.05) is 0 Å². The second-order valence-electron chi connectivity index (χ2n) is 3.50. The van der Waals surface area contributed by atoms with Crippen molar-refractivity contribution in [2.24, 2.45) is 0 Å². The van der Waals surface area contributed by atoms with Crippen LogP contribution in [0, 0.1) is 5.82 Å². The molecule has 1 aromatic rings. The molecule has 0 spiro atoms. The van der Waals surface area contributed by atoms with E-state index < -0.39 is 11.8 Å². The van der Waals surface area contributed by atoms with Crippen molar-refractivity contribution in [1.82, 2.24) is 0 Å². The quantitative estimate of drug-likeness (QED) is 0.633. The van der Waals surface area contributed by atoms with Crippen LogP contribution in [0.4, 0.5) is 10.1 Å². The van der Waals surface area contributed by atoms with Crippen molar-refractivity contribution in [2.75, 3.05) is 12.8 Å². The van der Waals surface area contributed by atoms with Crippen molar-refractivity contribution in [3.63, 3.8) is 0 Å². The van der Waals surface area contributed by atoms with E-state index in [0.717, 1.165) is 0 Å². The summed E-state index contributed by atoms with van der Waals surface area (Å²) in [6.45, 7) is 3.40. The molecule has 0 unspecified atom stereocenters. The van der Waals surface area contributed by atoms with E-state index in [1.165, 1.54) is 19.2 Å². The maximum absolute atomic E-state index is 13.5. The van der Waals surface area contributed by atoms with Crippen molar-refractivity contribution >= 4 is 11.7 Å². The maximum Gasteiger partial charge on any atom is 0.340 e. The second-order valence-corrected chi connectivity index (χ2v) is 3.50. The fourth-order valence-corrected chi connectivity index (χ4v) is 1.19. The molecule has 0 bridgehead atoms. The molecule has 1 aromatic carbocycles. The van der Waals surface area contributed by atoms with Crippen molar-refractivity contribution in [3.8, 4) is 5.75 Å². The van der Waals surface area contributed by atoms with Gasteiger partial charge in [0.05, 0.1) is 24.5 Å². The number of ether oxygens (including phenoxy) is 2. The first kappa shape index (κ1) is 12.3. The van der Waals surface area contributed by atoms with Gasteiger partial charge in [-0.3, -0.25) is 0 Å². The minimum absolute atomic E-state index is 0.00130. The van der Waals surface area contributed by atoms with Crippen LogP contribution in [0.25, 0.3) is 0 Å². The Morgan fingerprint density at radius 2 is 2.06 bits per heavy atom. The highest BCUT2D eigenvalue weighted by atomic mass is 19.1. The maximum atomic E-state index is 13.5. The van der Waals surface area contributed by atoms with Gasteiger partial charge in [0.15, 0.2) is 11.6 Å². The van der Waals surface area contributed by atoms with Crippen LogP contribution in [-0.4, -0.2) is 19.2 Å². The molecule has 0 aliphatic rings. The largest absolute Gasteiger partial charge is 0.494 e. The highest BCUT2D eigenvalue weighted by molar-refractivity contribution is 5.95. The monoisotopic (exact) mass is 227 g/mol. The summed E-state index contributed by atoms with van der Waals surface area (Å²) in [7, 11) is 1.32. The number of nitrogens with two attached hydrogens (primary N) is 1. The summed E-state index contributed by atoms with van der Waals surface area (Å²) in [6.07, 6.45) is -0.280. The molecular formula is C11H14FNO3. The zero-order valence-corrected chi connectivity index (χ0v) is 9.41. The Morgan fingerprint density at radius 1 is 1.44 bits per heavy atom. The van der Waals surface area contributed by atoms with E-state index in [1.807, 2.05) is 0 Å². The molecule has 0 amide bonds. The fourth-order valence-electron chi connectivity index (χ4n) is 1.19. The molecule has 4 nitrogen and oxygen atoms in total. The van der Waals surface area contributed by atoms with Gasteiger partial charge in [-0.15, -0.1) is 0 Å². The van der Waals surface area contributed by atoms with E-state index >= 15 is 0 Å². The molecule has 0 atom stereocenters. The molecule has 16 heavy (non-hydrogen) atoms. The number of carbonyl (C=O) groups excluding carboxylic acids is 1. The number of anilines is 1. The molecule has 0 aromatic heterocycles. The lowest BCUT2D eigenvalue weighted by molar-refractivity contribution is 0.0378. The van der Waals surface area contributed by atoms with Gasteiger partial charge in [-0.2, -0.15) is 0 Å². The molecule has 0 aliphatic heterocycles. The van der Waals surface area contributed by atoms with Crippen LogP contribution in [0.2, 0.25) is 0 Å². The Balaban J connectivity index is 3.07. The molecule has 5 heteroatoms. The number of esters is 1. The summed E-state index contributed by atoms with van der Waals surface area (Å²) in [5, 5.41) is 0. The molecule has 0 saturated carbocycles. The number of nitrogen functional groups attached to an aromatic ring is 1. The number of hydrogen-bond donors (Lipinski definition) is 1. The topological polar surface area (TPSA) is 61.5 Å². The average Bonchev–Trinajstić information content (AvgIpc) is 2.20. The second kappa shape index (κ2) is 4.83. The Bertz CT molecular complexity index is 404. The van der Waals surface area contributed by atoms with Gasteiger partial charge >= 0.3 is 5.97 Å². The predicted octanol–water partition coefficient (Wildman–Crippen LogP) is 1.98. The lowest BCUT2D eigenvalue weighted by Gasteiger charge is -2.11. The molecular weight excluding hydrogens is 213 g/mol. The number of carbonyl (C=O) groups is 1. The smallest absolute Gasteiger partial charge is 0.340 e. The summed E-state index contributed by atoms with van der Waals surface area (Å²) in [5.74, 6) is -1.40. The van der Waals surface area contributed by atoms with Gasteiger partial charge in [-0.05, 0) is 26.0 Å². The van der Waals surface area contributed by atoms with Crippen LogP contribution in [0.5, 0.6) is 5.75 Å². The van der Waals surface area contributed by atoms with Gasteiger partial charge in [-0.25, -0.2) is 9.18 Å². The van der Waals surface area contributed by atoms with Crippen molar-refractivity contribution in [2.45, 2.75) is 20.0 Å². The first-order valence-electron chi connectivity index (χ1n) is 4.80. The summed E-state index contributed by atoms with van der Waals surface area (Å²) < 4.78 is 23.2. The molecule has 0 heterocycles.